The van der Waals surface area contributed by atoms with Crippen molar-refractivity contribution in [2.75, 3.05) is 7.11 Å². The van der Waals surface area contributed by atoms with Gasteiger partial charge in [-0.05, 0) is 18.4 Å². The number of carbonyl (C=O) groups is 2. The predicted molar refractivity (Wildman–Crippen MR) is 54.1 cm³/mol. The van der Waals surface area contributed by atoms with Crippen molar-refractivity contribution in [3.8, 4) is 0 Å². The Labute approximate surface area is 89.3 Å². The first-order valence-electron chi connectivity index (χ1n) is 4.66. The standard InChI is InChI=1S/C10H17NO4/c1-5-9(12)11(14)8(6-7(2)3)10(13)15-4/h5,7-8,14H,1,6H2,2-4H3/t8-/m1/s1. The van der Waals surface area contributed by atoms with Gasteiger partial charge in [-0.15, -0.1) is 0 Å². The Hall–Kier alpha value is -1.36. The number of esters is 1. The quantitative estimate of drug-likeness (QED) is 0.321. The van der Waals surface area contributed by atoms with Gasteiger partial charge >= 0.3 is 5.97 Å². The van der Waals surface area contributed by atoms with Crippen LogP contribution in [0.4, 0.5) is 0 Å². The summed E-state index contributed by atoms with van der Waals surface area (Å²) >= 11 is 0. The van der Waals surface area contributed by atoms with E-state index in [0.717, 1.165) is 6.08 Å². The van der Waals surface area contributed by atoms with Crippen molar-refractivity contribution in [1.29, 1.82) is 0 Å². The molecule has 1 N–H and O–H groups in total. The van der Waals surface area contributed by atoms with E-state index in [-0.39, 0.29) is 5.92 Å². The second kappa shape index (κ2) is 6.19. The van der Waals surface area contributed by atoms with E-state index in [1.807, 2.05) is 13.8 Å². The molecule has 0 aromatic carbocycles. The smallest absolute Gasteiger partial charge is 0.331 e. The molecule has 0 spiro atoms. The van der Waals surface area contributed by atoms with Crippen molar-refractivity contribution in [2.45, 2.75) is 26.3 Å². The van der Waals surface area contributed by atoms with Crippen LogP contribution in [0.3, 0.4) is 0 Å². The fraction of sp³-hybridized carbons (Fsp3) is 0.600. The van der Waals surface area contributed by atoms with Gasteiger partial charge in [0, 0.05) is 0 Å². The molecule has 0 aliphatic rings. The molecule has 0 fully saturated rings. The lowest BCUT2D eigenvalue weighted by atomic mass is 10.0. The topological polar surface area (TPSA) is 66.8 Å². The maximum Gasteiger partial charge on any atom is 0.331 e. The number of nitrogens with zero attached hydrogens (tertiary/aromatic N) is 1. The summed E-state index contributed by atoms with van der Waals surface area (Å²) in [6, 6.07) is -0.972. The zero-order valence-corrected chi connectivity index (χ0v) is 9.27. The van der Waals surface area contributed by atoms with Crippen LogP contribution in [-0.2, 0) is 14.3 Å². The van der Waals surface area contributed by atoms with Crippen molar-refractivity contribution < 1.29 is 19.5 Å². The number of ether oxygens (including phenoxy) is 1. The largest absolute Gasteiger partial charge is 0.467 e. The first-order valence-corrected chi connectivity index (χ1v) is 4.66. The minimum absolute atomic E-state index is 0.154. The normalized spacial score (nSPS) is 12.1. The highest BCUT2D eigenvalue weighted by atomic mass is 16.5. The van der Waals surface area contributed by atoms with Crippen molar-refractivity contribution in [2.24, 2.45) is 5.92 Å². The molecule has 0 rings (SSSR count). The summed E-state index contributed by atoms with van der Waals surface area (Å²) in [5.74, 6) is -1.20. The van der Waals surface area contributed by atoms with Crippen LogP contribution < -0.4 is 0 Å². The Morgan fingerprint density at radius 2 is 2.07 bits per heavy atom. The average molecular weight is 215 g/mol. The van der Waals surface area contributed by atoms with Gasteiger partial charge < -0.3 is 4.74 Å². The molecule has 0 aromatic heterocycles. The summed E-state index contributed by atoms with van der Waals surface area (Å²) in [6.45, 7) is 6.98. The second-order valence-electron chi connectivity index (χ2n) is 3.56. The molecule has 5 heteroatoms. The first kappa shape index (κ1) is 13.6. The lowest BCUT2D eigenvalue weighted by molar-refractivity contribution is -0.184. The van der Waals surface area contributed by atoms with Gasteiger partial charge in [0.15, 0.2) is 6.04 Å². The summed E-state index contributed by atoms with van der Waals surface area (Å²) in [4.78, 5) is 22.4. The number of carbonyl (C=O) groups excluding carboxylic acids is 2. The molecule has 0 bridgehead atoms. The molecular weight excluding hydrogens is 198 g/mol. The molecule has 0 saturated heterocycles. The number of methoxy groups -OCH3 is 1. The third-order valence-corrected chi connectivity index (χ3v) is 1.86. The zero-order chi connectivity index (χ0) is 12.0. The zero-order valence-electron chi connectivity index (χ0n) is 9.27. The number of amides is 1. The number of hydroxylamine groups is 2. The number of hydrogen-bond acceptors (Lipinski definition) is 4. The Morgan fingerprint density at radius 3 is 2.40 bits per heavy atom. The summed E-state index contributed by atoms with van der Waals surface area (Å²) in [5.41, 5.74) is 0. The molecular formula is C10H17NO4. The van der Waals surface area contributed by atoms with Crippen LogP contribution in [0.25, 0.3) is 0 Å². The summed E-state index contributed by atoms with van der Waals surface area (Å²) < 4.78 is 4.50. The van der Waals surface area contributed by atoms with Crippen molar-refractivity contribution in [3.05, 3.63) is 12.7 Å². The Kier molecular flexibility index (Phi) is 5.62. The van der Waals surface area contributed by atoms with Crippen LogP contribution in [0.15, 0.2) is 12.7 Å². The van der Waals surface area contributed by atoms with Crippen LogP contribution in [-0.4, -0.2) is 35.3 Å². The second-order valence-corrected chi connectivity index (χ2v) is 3.56. The van der Waals surface area contributed by atoms with E-state index in [1.54, 1.807) is 0 Å². The minimum atomic E-state index is -0.972. The van der Waals surface area contributed by atoms with Gasteiger partial charge in [0.2, 0.25) is 0 Å². The molecule has 15 heavy (non-hydrogen) atoms. The van der Waals surface area contributed by atoms with Crippen LogP contribution in [0.1, 0.15) is 20.3 Å². The molecule has 0 radical (unpaired) electrons. The van der Waals surface area contributed by atoms with Crippen LogP contribution in [0.2, 0.25) is 0 Å². The predicted octanol–water partition coefficient (Wildman–Crippen LogP) is 0.978. The molecule has 1 atom stereocenters. The van der Waals surface area contributed by atoms with Crippen LogP contribution >= 0.6 is 0 Å². The number of rotatable bonds is 5. The highest BCUT2D eigenvalue weighted by Crippen LogP contribution is 2.12. The molecule has 0 unspecified atom stereocenters. The maximum absolute atomic E-state index is 11.3. The van der Waals surface area contributed by atoms with Crippen molar-refractivity contribution in [3.63, 3.8) is 0 Å². The van der Waals surface area contributed by atoms with Gasteiger partial charge in [-0.2, -0.15) is 0 Å². The Bertz CT molecular complexity index is 250. The molecule has 0 aliphatic carbocycles. The van der Waals surface area contributed by atoms with Gasteiger partial charge in [-0.1, -0.05) is 20.4 Å². The van der Waals surface area contributed by atoms with Gasteiger partial charge in [0.1, 0.15) is 0 Å². The third-order valence-electron chi connectivity index (χ3n) is 1.86. The van der Waals surface area contributed by atoms with Gasteiger partial charge in [-0.25, -0.2) is 9.86 Å². The van der Waals surface area contributed by atoms with E-state index in [4.69, 9.17) is 0 Å². The minimum Gasteiger partial charge on any atom is -0.467 e. The molecule has 86 valence electrons. The van der Waals surface area contributed by atoms with E-state index < -0.39 is 17.9 Å². The Balaban J connectivity index is 4.68. The fourth-order valence-corrected chi connectivity index (χ4v) is 1.13. The fourth-order valence-electron chi connectivity index (χ4n) is 1.13. The van der Waals surface area contributed by atoms with E-state index >= 15 is 0 Å². The molecule has 5 nitrogen and oxygen atoms in total. The molecule has 0 heterocycles. The SMILES string of the molecule is C=CC(=O)N(O)[C@H](CC(C)C)C(=O)OC. The van der Waals surface area contributed by atoms with E-state index in [2.05, 4.69) is 11.3 Å². The van der Waals surface area contributed by atoms with Gasteiger partial charge in [0.05, 0.1) is 7.11 Å². The lowest BCUT2D eigenvalue weighted by Crippen LogP contribution is -2.43. The monoisotopic (exact) mass is 215 g/mol. The third kappa shape index (κ3) is 4.12. The summed E-state index contributed by atoms with van der Waals surface area (Å²) in [6.07, 6.45) is 1.28. The van der Waals surface area contributed by atoms with E-state index in [9.17, 15) is 14.8 Å². The van der Waals surface area contributed by atoms with Crippen molar-refractivity contribution >= 4 is 11.9 Å². The molecule has 0 aliphatic heterocycles. The maximum atomic E-state index is 11.3. The van der Waals surface area contributed by atoms with Gasteiger partial charge in [0.25, 0.3) is 5.91 Å². The van der Waals surface area contributed by atoms with E-state index in [0.29, 0.717) is 11.5 Å². The van der Waals surface area contributed by atoms with Crippen LogP contribution in [0, 0.1) is 5.92 Å². The van der Waals surface area contributed by atoms with Crippen molar-refractivity contribution in [1.82, 2.24) is 5.06 Å². The van der Waals surface area contributed by atoms with Crippen LogP contribution in [0.5, 0.6) is 0 Å². The van der Waals surface area contributed by atoms with E-state index in [1.165, 1.54) is 7.11 Å². The highest BCUT2D eigenvalue weighted by Gasteiger charge is 2.29. The Morgan fingerprint density at radius 1 is 1.53 bits per heavy atom. The molecule has 0 saturated carbocycles. The highest BCUT2D eigenvalue weighted by molar-refractivity contribution is 5.90. The van der Waals surface area contributed by atoms with Gasteiger partial charge in [-0.3, -0.25) is 10.0 Å². The average Bonchev–Trinajstić information content (AvgIpc) is 2.22. The molecule has 0 aromatic rings. The molecule has 1 amide bonds. The number of hydrogen-bond donors (Lipinski definition) is 1. The lowest BCUT2D eigenvalue weighted by Gasteiger charge is -2.23. The first-order chi connectivity index (χ1) is 6.93. The summed E-state index contributed by atoms with van der Waals surface area (Å²) in [7, 11) is 1.21. The summed E-state index contributed by atoms with van der Waals surface area (Å²) in [5, 5.41) is 9.80.